The third kappa shape index (κ3) is 5.61. The van der Waals surface area contributed by atoms with Gasteiger partial charge in [0.05, 0.1) is 7.11 Å². The lowest BCUT2D eigenvalue weighted by Crippen LogP contribution is -2.46. The van der Waals surface area contributed by atoms with Crippen LogP contribution < -0.4 is 14.4 Å². The second-order valence-corrected chi connectivity index (χ2v) is 7.48. The van der Waals surface area contributed by atoms with Crippen molar-refractivity contribution in [1.82, 2.24) is 4.90 Å². The van der Waals surface area contributed by atoms with E-state index >= 15 is 0 Å². The number of ether oxygens (including phenoxy) is 2. The number of carbonyl (C=O) groups excluding carboxylic acids is 1. The van der Waals surface area contributed by atoms with Gasteiger partial charge in [-0.2, -0.15) is 0 Å². The van der Waals surface area contributed by atoms with Gasteiger partial charge >= 0.3 is 5.97 Å². The average Bonchev–Trinajstić information content (AvgIpc) is 2.71. The molecule has 0 atom stereocenters. The van der Waals surface area contributed by atoms with Crippen LogP contribution in [-0.2, 0) is 4.79 Å². The molecule has 2 aromatic carbocycles. The van der Waals surface area contributed by atoms with Crippen LogP contribution in [0.1, 0.15) is 23.6 Å². The molecule has 1 heterocycles. The number of anilines is 1. The first-order valence-corrected chi connectivity index (χ1v) is 10.0. The molecule has 154 valence electrons. The van der Waals surface area contributed by atoms with E-state index in [0.717, 1.165) is 38.3 Å². The van der Waals surface area contributed by atoms with Gasteiger partial charge in [-0.25, -0.2) is 0 Å². The fourth-order valence-corrected chi connectivity index (χ4v) is 3.60. The normalized spacial score (nSPS) is 15.0. The first-order chi connectivity index (χ1) is 14.0. The molecular formula is C24H30N2O3. The topological polar surface area (TPSA) is 42.0 Å². The Balaban J connectivity index is 1.54. The number of aryl methyl sites for hydroxylation is 2. The number of benzene rings is 2. The summed E-state index contributed by atoms with van der Waals surface area (Å²) in [6.45, 7) is 10.8. The van der Waals surface area contributed by atoms with Crippen LogP contribution in [0, 0.1) is 13.8 Å². The van der Waals surface area contributed by atoms with Crippen LogP contribution in [0.4, 0.5) is 5.69 Å². The predicted octanol–water partition coefficient (Wildman–Crippen LogP) is 4.07. The average molecular weight is 395 g/mol. The highest BCUT2D eigenvalue weighted by atomic mass is 16.6. The molecule has 0 unspecified atom stereocenters. The summed E-state index contributed by atoms with van der Waals surface area (Å²) >= 11 is 0. The molecule has 1 aliphatic heterocycles. The lowest BCUT2D eigenvalue weighted by atomic mass is 10.1. The van der Waals surface area contributed by atoms with Crippen molar-refractivity contribution < 1.29 is 14.3 Å². The van der Waals surface area contributed by atoms with Crippen molar-refractivity contribution in [1.29, 1.82) is 0 Å². The van der Waals surface area contributed by atoms with Crippen LogP contribution in [0.25, 0.3) is 6.08 Å². The summed E-state index contributed by atoms with van der Waals surface area (Å²) in [6, 6.07) is 12.2. The number of carbonyl (C=O) groups is 1. The number of methoxy groups -OCH3 is 1. The Bertz CT molecular complexity index is 884. The molecule has 5 nitrogen and oxygen atoms in total. The van der Waals surface area contributed by atoms with Gasteiger partial charge in [0.1, 0.15) is 0 Å². The summed E-state index contributed by atoms with van der Waals surface area (Å²) in [5, 5.41) is 0. The first-order valence-electron chi connectivity index (χ1n) is 10.0. The maximum absolute atomic E-state index is 11.2. The zero-order chi connectivity index (χ0) is 20.8. The molecule has 0 aromatic heterocycles. The van der Waals surface area contributed by atoms with Crippen molar-refractivity contribution >= 4 is 17.7 Å². The molecule has 0 aliphatic carbocycles. The third-order valence-electron chi connectivity index (χ3n) is 5.19. The maximum atomic E-state index is 11.2. The molecule has 0 saturated carbocycles. The molecule has 5 heteroatoms. The first kappa shape index (κ1) is 20.9. The largest absolute Gasteiger partial charge is 0.493 e. The number of esters is 1. The van der Waals surface area contributed by atoms with Crippen LogP contribution >= 0.6 is 0 Å². The smallest absolute Gasteiger partial charge is 0.308 e. The highest BCUT2D eigenvalue weighted by molar-refractivity contribution is 5.71. The van der Waals surface area contributed by atoms with Gasteiger partial charge in [0.25, 0.3) is 0 Å². The van der Waals surface area contributed by atoms with Gasteiger partial charge in [-0.05, 0) is 48.7 Å². The summed E-state index contributed by atoms with van der Waals surface area (Å²) in [5.74, 6) is 0.649. The SMILES string of the molecule is COc1cc(C=CCN2CCN(c3cc(C)ccc3C)CC2)ccc1OC(C)=O. The van der Waals surface area contributed by atoms with Crippen LogP contribution in [-0.4, -0.2) is 50.7 Å². The fourth-order valence-electron chi connectivity index (χ4n) is 3.60. The number of piperazine rings is 1. The van der Waals surface area contributed by atoms with Crippen LogP contribution in [0.5, 0.6) is 11.5 Å². The number of hydrogen-bond donors (Lipinski definition) is 0. The standard InChI is InChI=1S/C24H30N2O3/c1-18-7-8-19(2)22(16-18)26-14-12-25(13-15-26)11-5-6-21-9-10-23(29-20(3)27)24(17-21)28-4/h5-10,16-17H,11-15H2,1-4H3. The van der Waals surface area contributed by atoms with Gasteiger partial charge in [0.15, 0.2) is 11.5 Å². The molecule has 1 saturated heterocycles. The van der Waals surface area contributed by atoms with Gasteiger partial charge in [-0.15, -0.1) is 0 Å². The number of nitrogens with zero attached hydrogens (tertiary/aromatic N) is 2. The Morgan fingerprint density at radius 2 is 1.79 bits per heavy atom. The zero-order valence-corrected chi connectivity index (χ0v) is 17.8. The summed E-state index contributed by atoms with van der Waals surface area (Å²) in [7, 11) is 1.57. The van der Waals surface area contributed by atoms with E-state index in [2.05, 4.69) is 54.0 Å². The van der Waals surface area contributed by atoms with Crippen LogP contribution in [0.2, 0.25) is 0 Å². The quantitative estimate of drug-likeness (QED) is 0.546. The molecule has 0 bridgehead atoms. The minimum Gasteiger partial charge on any atom is -0.493 e. The Hall–Kier alpha value is -2.79. The Labute approximate surface area is 173 Å². The van der Waals surface area contributed by atoms with Crippen LogP contribution in [0.3, 0.4) is 0 Å². The molecular weight excluding hydrogens is 364 g/mol. The Morgan fingerprint density at radius 3 is 2.48 bits per heavy atom. The van der Waals surface area contributed by atoms with Gasteiger partial charge in [0.2, 0.25) is 0 Å². The van der Waals surface area contributed by atoms with E-state index < -0.39 is 0 Å². The Kier molecular flexibility index (Phi) is 6.94. The zero-order valence-electron chi connectivity index (χ0n) is 17.8. The molecule has 1 aliphatic rings. The second kappa shape index (κ2) is 9.61. The van der Waals surface area contributed by atoms with Crippen molar-refractivity contribution in [3.05, 3.63) is 59.2 Å². The van der Waals surface area contributed by atoms with Gasteiger partial charge in [-0.3, -0.25) is 9.69 Å². The van der Waals surface area contributed by atoms with Crippen LogP contribution in [0.15, 0.2) is 42.5 Å². The van der Waals surface area contributed by atoms with Crippen molar-refractivity contribution in [3.8, 4) is 11.5 Å². The maximum Gasteiger partial charge on any atom is 0.308 e. The minimum absolute atomic E-state index is 0.355. The molecule has 0 N–H and O–H groups in total. The summed E-state index contributed by atoms with van der Waals surface area (Å²) in [6.07, 6.45) is 4.25. The van der Waals surface area contributed by atoms with E-state index in [-0.39, 0.29) is 5.97 Å². The molecule has 0 spiro atoms. The summed E-state index contributed by atoms with van der Waals surface area (Å²) < 4.78 is 10.5. The fraction of sp³-hybridized carbons (Fsp3) is 0.375. The van der Waals surface area contributed by atoms with Gasteiger partial charge < -0.3 is 14.4 Å². The highest BCUT2D eigenvalue weighted by Crippen LogP contribution is 2.28. The molecule has 29 heavy (non-hydrogen) atoms. The molecule has 1 fully saturated rings. The summed E-state index contributed by atoms with van der Waals surface area (Å²) in [5.41, 5.74) is 5.04. The van der Waals surface area contributed by atoms with E-state index in [1.807, 2.05) is 12.1 Å². The van der Waals surface area contributed by atoms with E-state index in [1.165, 1.54) is 23.7 Å². The van der Waals surface area contributed by atoms with Crippen molar-refractivity contribution in [3.63, 3.8) is 0 Å². The van der Waals surface area contributed by atoms with Gasteiger partial charge in [-0.1, -0.05) is 30.4 Å². The predicted molar refractivity (Wildman–Crippen MR) is 118 cm³/mol. The third-order valence-corrected chi connectivity index (χ3v) is 5.19. The minimum atomic E-state index is -0.355. The van der Waals surface area contributed by atoms with E-state index in [4.69, 9.17) is 9.47 Å². The second-order valence-electron chi connectivity index (χ2n) is 7.48. The van der Waals surface area contributed by atoms with Gasteiger partial charge in [0, 0.05) is 45.3 Å². The number of rotatable bonds is 6. The highest BCUT2D eigenvalue weighted by Gasteiger charge is 2.17. The van der Waals surface area contributed by atoms with Crippen molar-refractivity contribution in [2.24, 2.45) is 0 Å². The Morgan fingerprint density at radius 1 is 1.03 bits per heavy atom. The van der Waals surface area contributed by atoms with E-state index in [0.29, 0.717) is 11.5 Å². The monoisotopic (exact) mass is 394 g/mol. The summed E-state index contributed by atoms with van der Waals surface area (Å²) in [4.78, 5) is 16.1. The lowest BCUT2D eigenvalue weighted by molar-refractivity contribution is -0.132. The molecule has 3 rings (SSSR count). The van der Waals surface area contributed by atoms with E-state index in [9.17, 15) is 4.79 Å². The van der Waals surface area contributed by atoms with Crippen molar-refractivity contribution in [2.75, 3.05) is 44.7 Å². The van der Waals surface area contributed by atoms with E-state index in [1.54, 1.807) is 13.2 Å². The lowest BCUT2D eigenvalue weighted by Gasteiger charge is -2.36. The number of hydrogen-bond acceptors (Lipinski definition) is 5. The van der Waals surface area contributed by atoms with Crippen molar-refractivity contribution in [2.45, 2.75) is 20.8 Å². The molecule has 2 aromatic rings. The molecule has 0 amide bonds. The molecule has 0 radical (unpaired) electrons.